The smallest absolute Gasteiger partial charge is 0.128 e. The van der Waals surface area contributed by atoms with Gasteiger partial charge in [0.2, 0.25) is 0 Å². The number of fused-ring (bicyclic) bond motifs is 1. The van der Waals surface area contributed by atoms with Gasteiger partial charge in [0, 0.05) is 51.6 Å². The Morgan fingerprint density at radius 1 is 1.23 bits per heavy atom. The first-order valence-electron chi connectivity index (χ1n) is 11.4. The van der Waals surface area contributed by atoms with Crippen LogP contribution in [0.1, 0.15) is 32.0 Å². The molecular weight excluding hydrogens is 456 g/mol. The maximum Gasteiger partial charge on any atom is 0.128 e. The Bertz CT molecular complexity index is 984. The van der Waals surface area contributed by atoms with Crippen LogP contribution in [0.2, 0.25) is 0 Å². The van der Waals surface area contributed by atoms with Crippen molar-refractivity contribution >= 4 is 32.7 Å². The summed E-state index contributed by atoms with van der Waals surface area (Å²) in [5.41, 5.74) is 3.58. The third-order valence-corrected chi connectivity index (χ3v) is 6.48. The van der Waals surface area contributed by atoms with E-state index >= 15 is 0 Å². The van der Waals surface area contributed by atoms with Crippen LogP contribution in [0.15, 0.2) is 35.1 Å². The number of rotatable bonds is 10. The van der Waals surface area contributed by atoms with Crippen LogP contribution in [-0.4, -0.2) is 58.2 Å². The van der Waals surface area contributed by atoms with Crippen molar-refractivity contribution in [2.75, 3.05) is 37.7 Å². The van der Waals surface area contributed by atoms with E-state index in [1.165, 1.54) is 17.6 Å². The van der Waals surface area contributed by atoms with E-state index in [2.05, 4.69) is 60.9 Å². The van der Waals surface area contributed by atoms with E-state index in [0.29, 0.717) is 6.04 Å². The predicted molar refractivity (Wildman–Crippen MR) is 129 cm³/mol. The quantitative estimate of drug-likeness (QED) is 0.437. The lowest BCUT2D eigenvalue weighted by atomic mass is 10.0. The van der Waals surface area contributed by atoms with Gasteiger partial charge in [-0.05, 0) is 67.2 Å². The lowest BCUT2D eigenvalue weighted by molar-refractivity contribution is 0.139. The van der Waals surface area contributed by atoms with E-state index in [1.54, 1.807) is 0 Å². The van der Waals surface area contributed by atoms with Crippen molar-refractivity contribution in [3.63, 3.8) is 0 Å². The molecule has 3 aromatic rings. The highest BCUT2D eigenvalue weighted by atomic mass is 79.9. The molecule has 0 amide bonds. The molecule has 8 heteroatoms. The molecule has 4 rings (SSSR count). The van der Waals surface area contributed by atoms with Crippen molar-refractivity contribution in [3.05, 3.63) is 40.9 Å². The summed E-state index contributed by atoms with van der Waals surface area (Å²) in [6.07, 6.45) is 5.51. The summed E-state index contributed by atoms with van der Waals surface area (Å²) >= 11 is 3.42. The minimum atomic E-state index is 0.484. The summed E-state index contributed by atoms with van der Waals surface area (Å²) in [7, 11) is 0. The van der Waals surface area contributed by atoms with Gasteiger partial charge in [-0.15, -0.1) is 0 Å². The highest BCUT2D eigenvalue weighted by molar-refractivity contribution is 9.10. The molecule has 168 valence electrons. The van der Waals surface area contributed by atoms with Crippen LogP contribution in [0.4, 0.5) is 5.69 Å². The number of benzene rings is 1. The molecule has 7 nitrogen and oxygen atoms in total. The van der Waals surface area contributed by atoms with Crippen LogP contribution in [0, 0.1) is 6.92 Å². The first kappa shape index (κ1) is 22.3. The monoisotopic (exact) mass is 488 g/mol. The second-order valence-electron chi connectivity index (χ2n) is 8.10. The number of ether oxygens (including phenoxy) is 1. The topological polar surface area (TPSA) is 60.1 Å². The number of imidazole rings is 1. The van der Waals surface area contributed by atoms with Crippen molar-refractivity contribution in [2.24, 2.45) is 0 Å². The number of aryl methyl sites for hydroxylation is 2. The first-order valence-corrected chi connectivity index (χ1v) is 12.2. The second kappa shape index (κ2) is 10.6. The molecular formula is C23H33BrN6O. The molecule has 0 aliphatic carbocycles. The molecule has 1 aliphatic heterocycles. The van der Waals surface area contributed by atoms with Gasteiger partial charge in [0.25, 0.3) is 0 Å². The largest absolute Gasteiger partial charge is 0.380 e. The van der Waals surface area contributed by atoms with Gasteiger partial charge < -0.3 is 19.5 Å². The van der Waals surface area contributed by atoms with Gasteiger partial charge in [0.05, 0.1) is 17.8 Å². The predicted octanol–water partition coefficient (Wildman–Crippen LogP) is 3.99. The van der Waals surface area contributed by atoms with E-state index in [-0.39, 0.29) is 0 Å². The Kier molecular flexibility index (Phi) is 7.63. The van der Waals surface area contributed by atoms with Crippen molar-refractivity contribution in [1.29, 1.82) is 0 Å². The number of anilines is 1. The number of halogens is 1. The normalized spacial score (nSPS) is 17.0. The Balaban J connectivity index is 1.46. The fraction of sp³-hybridized carbons (Fsp3) is 0.565. The van der Waals surface area contributed by atoms with Crippen molar-refractivity contribution in [2.45, 2.75) is 52.2 Å². The lowest BCUT2D eigenvalue weighted by Crippen LogP contribution is -2.51. The summed E-state index contributed by atoms with van der Waals surface area (Å²) in [6, 6.07) is 9.07. The number of piperazine rings is 1. The zero-order valence-corrected chi connectivity index (χ0v) is 20.1. The van der Waals surface area contributed by atoms with E-state index in [9.17, 15) is 0 Å². The standard InChI is InChI=1S/C23H33BrN6O/c1-3-31-16-15-29-18(2)26-23-20(29)8-6-9-21(23)30-14-11-25-17-19(30)7-4-5-12-28-13-10-22(24)27-28/h6,8-10,13,19,25H,3-5,7,11-12,14-17H2,1-2H3. The number of nitrogens with one attached hydrogen (secondary N) is 1. The molecule has 1 fully saturated rings. The van der Waals surface area contributed by atoms with Crippen molar-refractivity contribution in [3.8, 4) is 0 Å². The van der Waals surface area contributed by atoms with Gasteiger partial charge in [-0.1, -0.05) is 6.07 Å². The van der Waals surface area contributed by atoms with Gasteiger partial charge >= 0.3 is 0 Å². The third kappa shape index (κ3) is 5.30. The molecule has 2 aromatic heterocycles. The summed E-state index contributed by atoms with van der Waals surface area (Å²) in [4.78, 5) is 7.54. The zero-order chi connectivity index (χ0) is 21.6. The highest BCUT2D eigenvalue weighted by Gasteiger charge is 2.25. The molecule has 0 saturated carbocycles. The summed E-state index contributed by atoms with van der Waals surface area (Å²) in [6.45, 7) is 10.5. The van der Waals surface area contributed by atoms with Gasteiger partial charge in [-0.3, -0.25) is 4.68 Å². The first-order chi connectivity index (χ1) is 15.2. The van der Waals surface area contributed by atoms with Crippen LogP contribution in [0.3, 0.4) is 0 Å². The minimum Gasteiger partial charge on any atom is -0.380 e. The Hall–Kier alpha value is -1.90. The van der Waals surface area contributed by atoms with Crippen LogP contribution < -0.4 is 10.2 Å². The number of unbranched alkanes of at least 4 members (excludes halogenated alkanes) is 1. The number of aromatic nitrogens is 4. The van der Waals surface area contributed by atoms with E-state index in [4.69, 9.17) is 9.72 Å². The number of hydrogen-bond acceptors (Lipinski definition) is 5. The lowest BCUT2D eigenvalue weighted by Gasteiger charge is -2.38. The van der Waals surface area contributed by atoms with Crippen LogP contribution >= 0.6 is 15.9 Å². The minimum absolute atomic E-state index is 0.484. The molecule has 0 spiro atoms. The number of para-hydroxylation sites is 1. The van der Waals surface area contributed by atoms with E-state index < -0.39 is 0 Å². The number of nitrogens with zero attached hydrogens (tertiary/aromatic N) is 5. The van der Waals surface area contributed by atoms with Crippen LogP contribution in [0.25, 0.3) is 11.0 Å². The van der Waals surface area contributed by atoms with Crippen molar-refractivity contribution < 1.29 is 4.74 Å². The molecule has 0 radical (unpaired) electrons. The average Bonchev–Trinajstić information content (AvgIpc) is 3.34. The fourth-order valence-corrected chi connectivity index (χ4v) is 4.84. The SMILES string of the molecule is CCOCCn1c(C)nc2c(N3CCNCC3CCCCn3ccc(Br)n3)cccc21. The van der Waals surface area contributed by atoms with Gasteiger partial charge in [0.15, 0.2) is 0 Å². The maximum absolute atomic E-state index is 5.59. The number of hydrogen-bond donors (Lipinski definition) is 1. The Morgan fingerprint density at radius 3 is 2.94 bits per heavy atom. The molecule has 1 saturated heterocycles. The molecule has 31 heavy (non-hydrogen) atoms. The maximum atomic E-state index is 5.59. The molecule has 0 bridgehead atoms. The third-order valence-electron chi connectivity index (χ3n) is 6.05. The van der Waals surface area contributed by atoms with Crippen LogP contribution in [0.5, 0.6) is 0 Å². The molecule has 3 heterocycles. The molecule has 1 unspecified atom stereocenters. The second-order valence-corrected chi connectivity index (χ2v) is 8.91. The highest BCUT2D eigenvalue weighted by Crippen LogP contribution is 2.30. The summed E-state index contributed by atoms with van der Waals surface area (Å²) in [5, 5.41) is 8.01. The molecule has 1 aromatic carbocycles. The van der Waals surface area contributed by atoms with E-state index in [0.717, 1.165) is 74.7 Å². The summed E-state index contributed by atoms with van der Waals surface area (Å²) in [5.74, 6) is 1.05. The van der Waals surface area contributed by atoms with Gasteiger partial charge in [0.1, 0.15) is 15.9 Å². The van der Waals surface area contributed by atoms with E-state index in [1.807, 2.05) is 23.9 Å². The molecule has 1 atom stereocenters. The van der Waals surface area contributed by atoms with Gasteiger partial charge in [-0.25, -0.2) is 4.98 Å². The summed E-state index contributed by atoms with van der Waals surface area (Å²) < 4.78 is 10.8. The fourth-order valence-electron chi connectivity index (χ4n) is 4.51. The van der Waals surface area contributed by atoms with Crippen molar-refractivity contribution in [1.82, 2.24) is 24.6 Å². The van der Waals surface area contributed by atoms with Crippen LogP contribution in [-0.2, 0) is 17.8 Å². The Labute approximate surface area is 192 Å². The molecule has 1 aliphatic rings. The zero-order valence-electron chi connectivity index (χ0n) is 18.6. The van der Waals surface area contributed by atoms with Gasteiger partial charge in [-0.2, -0.15) is 5.10 Å². The molecule has 1 N–H and O–H groups in total. The Morgan fingerprint density at radius 2 is 2.13 bits per heavy atom. The average molecular weight is 489 g/mol.